The summed E-state index contributed by atoms with van der Waals surface area (Å²) in [4.78, 5) is 38.9. The third-order valence-electron chi connectivity index (χ3n) is 6.93. The number of carbonyl (C=O) groups excluding carboxylic acids is 2. The van der Waals surface area contributed by atoms with Gasteiger partial charge in [-0.05, 0) is 47.7 Å². The molecular weight excluding hydrogens is 596 g/mol. The molecule has 2 aliphatic rings. The zero-order valence-electron chi connectivity index (χ0n) is 22.6. The fourth-order valence-electron chi connectivity index (χ4n) is 5.12. The van der Waals surface area contributed by atoms with Crippen molar-refractivity contribution in [2.75, 3.05) is 16.0 Å². The first-order chi connectivity index (χ1) is 20.0. The Balaban J connectivity index is 1.43. The van der Waals surface area contributed by atoms with Gasteiger partial charge in [-0.2, -0.15) is 5.26 Å². The predicted molar refractivity (Wildman–Crippen MR) is 161 cm³/mol. The van der Waals surface area contributed by atoms with E-state index in [1.165, 1.54) is 47.4 Å². The number of aromatic nitrogens is 2. The maximum Gasteiger partial charge on any atom is 0.335 e. The van der Waals surface area contributed by atoms with Crippen LogP contribution in [0.25, 0.3) is 0 Å². The molecule has 0 fully saturated rings. The van der Waals surface area contributed by atoms with Crippen molar-refractivity contribution < 1.29 is 19.5 Å². The Labute approximate surface area is 254 Å². The van der Waals surface area contributed by atoms with Crippen LogP contribution in [0.3, 0.4) is 0 Å². The normalized spacial score (nSPS) is 18.0. The quantitative estimate of drug-likeness (QED) is 0.285. The molecule has 0 saturated carbocycles. The Bertz CT molecular complexity index is 1710. The molecule has 2 heterocycles. The molecule has 3 aromatic rings. The number of ketones is 1. The second kappa shape index (κ2) is 11.6. The van der Waals surface area contributed by atoms with Crippen molar-refractivity contribution >= 4 is 63.2 Å². The summed E-state index contributed by atoms with van der Waals surface area (Å²) in [6, 6.07) is 15.2. The van der Waals surface area contributed by atoms with E-state index >= 15 is 0 Å². The standard InChI is InChI=1S/C29H25ClN6O4S2/c1-29(2)11-20-24(21(37)12-29)23(17-5-3-4-6-19(17)30)18(13-31)25(32)36(20)27-34-35-28(42-27)41-14-22(38)33-16-9-7-15(8-10-16)26(39)40/h3-10,23H,11-12,14,32H2,1-2H3,(H,33,38)(H,39,40). The Morgan fingerprint density at radius 1 is 1.21 bits per heavy atom. The first-order valence-corrected chi connectivity index (χ1v) is 15.0. The van der Waals surface area contributed by atoms with Crippen LogP contribution in [0.15, 0.2) is 75.5 Å². The molecule has 2 aromatic carbocycles. The number of anilines is 2. The molecule has 13 heteroatoms. The van der Waals surface area contributed by atoms with Gasteiger partial charge in [-0.3, -0.25) is 14.5 Å². The van der Waals surface area contributed by atoms with E-state index in [1.807, 2.05) is 19.9 Å². The van der Waals surface area contributed by atoms with Crippen LogP contribution in [-0.2, 0) is 9.59 Å². The number of hydrogen-bond acceptors (Lipinski definition) is 10. The lowest BCUT2D eigenvalue weighted by Crippen LogP contribution is -2.42. The Kier molecular flexibility index (Phi) is 8.10. The molecule has 1 amide bonds. The molecule has 42 heavy (non-hydrogen) atoms. The fraction of sp³-hybridized carbons (Fsp3) is 0.241. The number of nitrogens with one attached hydrogen (secondary N) is 1. The summed E-state index contributed by atoms with van der Waals surface area (Å²) in [5, 5.41) is 31.3. The van der Waals surface area contributed by atoms with Crippen LogP contribution in [-0.4, -0.2) is 38.7 Å². The molecule has 0 spiro atoms. The second-order valence-corrected chi connectivity index (χ2v) is 13.2. The van der Waals surface area contributed by atoms with Gasteiger partial charge in [0.1, 0.15) is 5.82 Å². The van der Waals surface area contributed by atoms with Crippen LogP contribution < -0.4 is 16.0 Å². The van der Waals surface area contributed by atoms with Crippen LogP contribution >= 0.6 is 34.7 Å². The highest BCUT2D eigenvalue weighted by Crippen LogP contribution is 2.51. The molecule has 1 aliphatic carbocycles. The minimum atomic E-state index is -1.05. The molecule has 10 nitrogen and oxygen atoms in total. The minimum Gasteiger partial charge on any atom is -0.478 e. The number of hydrogen-bond donors (Lipinski definition) is 3. The topological polar surface area (TPSA) is 162 Å². The number of carboxylic acids is 1. The number of nitrogens with zero attached hydrogens (tertiary/aromatic N) is 4. The van der Waals surface area contributed by atoms with Crippen molar-refractivity contribution in [1.82, 2.24) is 10.2 Å². The average molecular weight is 621 g/mol. The number of nitriles is 1. The Hall–Kier alpha value is -4.18. The lowest BCUT2D eigenvalue weighted by molar-refractivity contribution is -0.118. The number of Topliss-reactive ketones (excluding diaryl/α,β-unsaturated/α-hetero) is 1. The maximum absolute atomic E-state index is 13.7. The van der Waals surface area contributed by atoms with E-state index in [-0.39, 0.29) is 39.8 Å². The summed E-state index contributed by atoms with van der Waals surface area (Å²) in [5.74, 6) is -1.96. The van der Waals surface area contributed by atoms with E-state index in [9.17, 15) is 19.6 Å². The van der Waals surface area contributed by atoms with Crippen LogP contribution in [0, 0.1) is 16.7 Å². The van der Waals surface area contributed by atoms with Gasteiger partial charge >= 0.3 is 5.97 Å². The van der Waals surface area contributed by atoms with E-state index in [0.717, 1.165) is 0 Å². The maximum atomic E-state index is 13.7. The number of carbonyl (C=O) groups is 3. The summed E-state index contributed by atoms with van der Waals surface area (Å²) in [5.41, 5.74) is 8.86. The zero-order valence-corrected chi connectivity index (χ0v) is 24.9. The summed E-state index contributed by atoms with van der Waals surface area (Å²) < 4.78 is 0.490. The van der Waals surface area contributed by atoms with Crippen molar-refractivity contribution in [1.29, 1.82) is 5.26 Å². The second-order valence-electron chi connectivity index (χ2n) is 10.6. The summed E-state index contributed by atoms with van der Waals surface area (Å²) in [7, 11) is 0. The molecule has 0 bridgehead atoms. The monoisotopic (exact) mass is 620 g/mol. The van der Waals surface area contributed by atoms with E-state index < -0.39 is 11.9 Å². The average Bonchev–Trinajstić information content (AvgIpc) is 3.40. The highest BCUT2D eigenvalue weighted by atomic mass is 35.5. The number of benzene rings is 2. The van der Waals surface area contributed by atoms with Gasteiger partial charge in [-0.1, -0.05) is 66.7 Å². The predicted octanol–water partition coefficient (Wildman–Crippen LogP) is 5.56. The van der Waals surface area contributed by atoms with Gasteiger partial charge in [-0.25, -0.2) is 4.79 Å². The van der Waals surface area contributed by atoms with Crippen LogP contribution in [0.5, 0.6) is 0 Å². The highest BCUT2D eigenvalue weighted by Gasteiger charge is 2.45. The number of halogens is 1. The van der Waals surface area contributed by atoms with Gasteiger partial charge in [0, 0.05) is 28.4 Å². The summed E-state index contributed by atoms with van der Waals surface area (Å²) in [6.07, 6.45) is 0.824. The first-order valence-electron chi connectivity index (χ1n) is 12.8. The number of allylic oxidation sites excluding steroid dienone is 3. The van der Waals surface area contributed by atoms with Crippen LogP contribution in [0.2, 0.25) is 5.02 Å². The molecule has 5 rings (SSSR count). The van der Waals surface area contributed by atoms with Gasteiger partial charge in [-0.15, -0.1) is 10.2 Å². The molecule has 0 radical (unpaired) electrons. The van der Waals surface area contributed by atoms with Gasteiger partial charge < -0.3 is 16.2 Å². The van der Waals surface area contributed by atoms with Crippen molar-refractivity contribution in [2.24, 2.45) is 11.1 Å². The van der Waals surface area contributed by atoms with Crippen LogP contribution in [0.4, 0.5) is 10.8 Å². The molecule has 214 valence electrons. The Morgan fingerprint density at radius 2 is 1.93 bits per heavy atom. The molecule has 0 saturated heterocycles. The number of carboxylic acid groups (broad SMARTS) is 1. The first kappa shape index (κ1) is 29.3. The van der Waals surface area contributed by atoms with E-state index in [4.69, 9.17) is 22.4 Å². The van der Waals surface area contributed by atoms with Crippen molar-refractivity contribution in [2.45, 2.75) is 36.9 Å². The van der Waals surface area contributed by atoms with Gasteiger partial charge in [0.2, 0.25) is 11.0 Å². The lowest BCUT2D eigenvalue weighted by atomic mass is 9.68. The third-order valence-corrected chi connectivity index (χ3v) is 9.31. The fourth-order valence-corrected chi connectivity index (χ4v) is 7.04. The van der Waals surface area contributed by atoms with Crippen molar-refractivity contribution in [3.8, 4) is 6.07 Å². The third kappa shape index (κ3) is 5.76. The van der Waals surface area contributed by atoms with Crippen molar-refractivity contribution in [3.05, 3.63) is 87.3 Å². The smallest absolute Gasteiger partial charge is 0.335 e. The zero-order chi connectivity index (χ0) is 30.2. The molecule has 1 unspecified atom stereocenters. The largest absolute Gasteiger partial charge is 0.478 e. The molecule has 1 aliphatic heterocycles. The number of aromatic carboxylic acids is 1. The molecule has 4 N–H and O–H groups in total. The summed E-state index contributed by atoms with van der Waals surface area (Å²) >= 11 is 8.91. The van der Waals surface area contributed by atoms with E-state index in [2.05, 4.69) is 21.6 Å². The highest BCUT2D eigenvalue weighted by molar-refractivity contribution is 8.01. The summed E-state index contributed by atoms with van der Waals surface area (Å²) in [6.45, 7) is 4.01. The molecular formula is C29H25ClN6O4S2. The minimum absolute atomic E-state index is 0.0259. The lowest BCUT2D eigenvalue weighted by Gasteiger charge is -2.42. The Morgan fingerprint density at radius 3 is 2.60 bits per heavy atom. The van der Waals surface area contributed by atoms with Crippen LogP contribution in [0.1, 0.15) is 48.5 Å². The number of rotatable bonds is 7. The SMILES string of the molecule is CC1(C)CC(=O)C2=C(C1)N(c1nnc(SCC(=O)Nc3ccc(C(=O)O)cc3)s1)C(N)=C(C#N)C2c1ccccc1Cl. The van der Waals surface area contributed by atoms with E-state index in [0.29, 0.717) is 49.9 Å². The van der Waals surface area contributed by atoms with Gasteiger partial charge in [0.15, 0.2) is 10.1 Å². The van der Waals surface area contributed by atoms with Gasteiger partial charge in [0.25, 0.3) is 0 Å². The number of nitrogens with two attached hydrogens (primary N) is 1. The molecule has 1 aromatic heterocycles. The molecule has 1 atom stereocenters. The van der Waals surface area contributed by atoms with Gasteiger partial charge in [0.05, 0.1) is 28.9 Å². The van der Waals surface area contributed by atoms with Crippen molar-refractivity contribution in [3.63, 3.8) is 0 Å². The number of amides is 1. The number of thioether (sulfide) groups is 1. The van der Waals surface area contributed by atoms with E-state index in [1.54, 1.807) is 23.1 Å².